The number of rotatable bonds is 42. The van der Waals surface area contributed by atoms with Gasteiger partial charge in [0.1, 0.15) is 36.6 Å². The van der Waals surface area contributed by atoms with Gasteiger partial charge in [-0.25, -0.2) is 0 Å². The van der Waals surface area contributed by atoms with Crippen molar-refractivity contribution in [2.45, 2.75) is 292 Å². The van der Waals surface area contributed by atoms with Crippen LogP contribution in [0.3, 0.4) is 0 Å². The molecule has 1 saturated carbocycles. The molecule has 0 amide bonds. The molecule has 3 rings (SSSR count). The summed E-state index contributed by atoms with van der Waals surface area (Å²) >= 11 is 0. The average molecular weight is 1040 g/mol. The number of nitrogens with zero attached hydrogens (tertiary/aromatic N) is 12. The fourth-order valence-corrected chi connectivity index (χ4v) is 10.1. The van der Waals surface area contributed by atoms with E-state index in [0.717, 1.165) is 44.9 Å². The summed E-state index contributed by atoms with van der Waals surface area (Å²) in [6.07, 6.45) is 15.0. The van der Waals surface area contributed by atoms with Gasteiger partial charge in [0.15, 0.2) is 12.6 Å². The van der Waals surface area contributed by atoms with Crippen molar-refractivity contribution in [3.63, 3.8) is 0 Å². The van der Waals surface area contributed by atoms with Gasteiger partial charge in [-0.15, -0.1) is 0 Å². The van der Waals surface area contributed by atoms with Crippen LogP contribution in [0.2, 0.25) is 0 Å². The second kappa shape index (κ2) is 40.1. The highest BCUT2D eigenvalue weighted by atomic mass is 16.7. The van der Waals surface area contributed by atoms with E-state index < -0.39 is 98.3 Å². The monoisotopic (exact) mass is 1040 g/mol. The van der Waals surface area contributed by atoms with Crippen LogP contribution in [0.5, 0.6) is 0 Å². The molecule has 15 atom stereocenters. The van der Waals surface area contributed by atoms with E-state index in [2.05, 4.69) is 54.0 Å². The van der Waals surface area contributed by atoms with Gasteiger partial charge in [0.05, 0.1) is 55.7 Å². The van der Waals surface area contributed by atoms with Gasteiger partial charge >= 0.3 is 0 Å². The molecule has 0 spiro atoms. The Morgan fingerprint density at radius 2 is 0.849 bits per heavy atom. The summed E-state index contributed by atoms with van der Waals surface area (Å²) in [6, 6.07) is -3.74. The standard InChI is InChI=1S/C50H92N12O11/c1-3-5-7-9-11-13-15-17-19-21-23-25-27-29-31-68-35-39-48(69-32-30-28-26-24-22-20-18-16-14-12-10-8-6-4-2)40(58-62-54)42(64)49(71-39)72-46-36(56-60-52)33-37(57-61-53)47(45(46)67)73-50-44(66)43(65)41(63)38(70-50)34-55-59-51/h36-50,63-67H,3-35H2,1-2H3/t36-,37+,38-,39-,40-,41-,42-,43+,44-,45-,46+,47-,48-,49-,50-/m1/s1. The third kappa shape index (κ3) is 24.1. The summed E-state index contributed by atoms with van der Waals surface area (Å²) in [5.74, 6) is 0. The van der Waals surface area contributed by atoms with E-state index >= 15 is 0 Å². The van der Waals surface area contributed by atoms with Crippen LogP contribution in [0.4, 0.5) is 0 Å². The van der Waals surface area contributed by atoms with Gasteiger partial charge in [-0.2, -0.15) is 0 Å². The van der Waals surface area contributed by atoms with Crippen LogP contribution >= 0.6 is 0 Å². The lowest BCUT2D eigenvalue weighted by molar-refractivity contribution is -0.333. The molecule has 3 aliphatic rings. The zero-order valence-corrected chi connectivity index (χ0v) is 44.0. The summed E-state index contributed by atoms with van der Waals surface area (Å²) in [6.45, 7) is 4.76. The van der Waals surface area contributed by atoms with Crippen molar-refractivity contribution in [2.24, 2.45) is 20.5 Å². The molecule has 0 bridgehead atoms. The van der Waals surface area contributed by atoms with Crippen molar-refractivity contribution < 1.29 is 54.0 Å². The number of hydrogen-bond donors (Lipinski definition) is 5. The van der Waals surface area contributed by atoms with Crippen LogP contribution in [-0.2, 0) is 28.4 Å². The van der Waals surface area contributed by atoms with Crippen LogP contribution in [0.25, 0.3) is 41.8 Å². The first-order valence-electron chi connectivity index (χ1n) is 28.0. The van der Waals surface area contributed by atoms with Crippen molar-refractivity contribution in [1.29, 1.82) is 0 Å². The number of aliphatic hydroxyl groups is 5. The lowest BCUT2D eigenvalue weighted by Crippen LogP contribution is -2.65. The SMILES string of the molecule is CCCCCCCCCCCCCCCCOC[C@H]1O[C@H](O[C@@H]2[C@@H](O)[C@H](O[C@H]3O[C@H](CN=[N+]=[N-])[C@@H](O)[C@H](O)[C@H]3O)[C@@H](N=[N+]=[N-])C[C@H]2N=[N+]=[N-])[C@H](O)[C@@H](N=[N+]=[N-])[C@@H]1OCCCCCCCCCCCCCCCC. The van der Waals surface area contributed by atoms with Crippen LogP contribution in [0.1, 0.15) is 200 Å². The maximum absolute atomic E-state index is 11.9. The van der Waals surface area contributed by atoms with Gasteiger partial charge in [-0.1, -0.05) is 201 Å². The number of aliphatic hydroxyl groups excluding tert-OH is 5. The topological polar surface area (TPSA) is 352 Å². The lowest BCUT2D eigenvalue weighted by Gasteiger charge is -2.48. The summed E-state index contributed by atoms with van der Waals surface area (Å²) in [5.41, 5.74) is 37.6. The first kappa shape index (κ1) is 64.1. The normalized spacial score (nSPS) is 30.2. The molecule has 418 valence electrons. The summed E-state index contributed by atoms with van der Waals surface area (Å²) < 4.78 is 36.8. The van der Waals surface area contributed by atoms with Crippen LogP contribution < -0.4 is 0 Å². The van der Waals surface area contributed by atoms with E-state index in [4.69, 9.17) is 34.0 Å². The molecule has 2 aliphatic heterocycles. The zero-order chi connectivity index (χ0) is 52.9. The Kier molecular flexibility index (Phi) is 35.2. The maximum Gasteiger partial charge on any atom is 0.186 e. The molecule has 3 fully saturated rings. The molecule has 0 aromatic rings. The van der Waals surface area contributed by atoms with Crippen molar-refractivity contribution in [1.82, 2.24) is 0 Å². The molecule has 5 N–H and O–H groups in total. The third-order valence-corrected chi connectivity index (χ3v) is 14.4. The Bertz CT molecular complexity index is 1640. The van der Waals surface area contributed by atoms with Crippen LogP contribution in [-0.4, -0.2) is 144 Å². The van der Waals surface area contributed by atoms with Gasteiger partial charge in [-0.05, 0) is 41.4 Å². The van der Waals surface area contributed by atoms with Crippen LogP contribution in [0, 0.1) is 0 Å². The minimum atomic E-state index is -1.88. The van der Waals surface area contributed by atoms with Gasteiger partial charge in [0.2, 0.25) is 0 Å². The number of azide groups is 4. The summed E-state index contributed by atoms with van der Waals surface area (Å²) in [7, 11) is 0. The summed E-state index contributed by atoms with van der Waals surface area (Å²) in [5, 5.41) is 70.5. The van der Waals surface area contributed by atoms with E-state index in [9.17, 15) is 42.1 Å². The summed E-state index contributed by atoms with van der Waals surface area (Å²) in [4.78, 5) is 11.4. The Morgan fingerprint density at radius 1 is 0.438 bits per heavy atom. The highest BCUT2D eigenvalue weighted by Gasteiger charge is 2.53. The highest BCUT2D eigenvalue weighted by molar-refractivity contribution is 5.04. The fraction of sp³-hybridized carbons (Fsp3) is 1.00. The van der Waals surface area contributed by atoms with Crippen molar-refractivity contribution in [3.05, 3.63) is 41.8 Å². The number of unbranched alkanes of at least 4 members (excludes halogenated alkanes) is 26. The fourth-order valence-electron chi connectivity index (χ4n) is 10.1. The van der Waals surface area contributed by atoms with Crippen LogP contribution in [0.15, 0.2) is 20.5 Å². The van der Waals surface area contributed by atoms with Crippen molar-refractivity contribution in [2.75, 3.05) is 26.4 Å². The quantitative estimate of drug-likeness (QED) is 0.0165. The minimum absolute atomic E-state index is 0.00826. The van der Waals surface area contributed by atoms with E-state index in [0.29, 0.717) is 13.2 Å². The first-order chi connectivity index (χ1) is 35.7. The van der Waals surface area contributed by atoms with Gasteiger partial charge in [-0.3, -0.25) is 0 Å². The molecular formula is C50H92N12O11. The lowest BCUT2D eigenvalue weighted by atomic mass is 9.84. The molecule has 0 aromatic heterocycles. The zero-order valence-electron chi connectivity index (χ0n) is 44.0. The Balaban J connectivity index is 1.67. The van der Waals surface area contributed by atoms with Crippen molar-refractivity contribution >= 4 is 0 Å². The smallest absolute Gasteiger partial charge is 0.186 e. The molecule has 0 radical (unpaired) electrons. The van der Waals surface area contributed by atoms with E-state index in [1.54, 1.807) is 0 Å². The Hall–Kier alpha value is -3.20. The number of hydrogen-bond acceptors (Lipinski definition) is 15. The Morgan fingerprint density at radius 3 is 1.29 bits per heavy atom. The number of ether oxygens (including phenoxy) is 6. The predicted molar refractivity (Wildman–Crippen MR) is 276 cm³/mol. The average Bonchev–Trinajstić information content (AvgIpc) is 3.38. The highest BCUT2D eigenvalue weighted by Crippen LogP contribution is 2.36. The molecule has 73 heavy (non-hydrogen) atoms. The van der Waals surface area contributed by atoms with Crippen molar-refractivity contribution in [3.8, 4) is 0 Å². The molecule has 0 aromatic carbocycles. The van der Waals surface area contributed by atoms with E-state index in [-0.39, 0.29) is 13.0 Å². The van der Waals surface area contributed by atoms with Gasteiger partial charge in [0, 0.05) is 32.9 Å². The molecule has 23 heteroatoms. The van der Waals surface area contributed by atoms with Gasteiger partial charge < -0.3 is 54.0 Å². The largest absolute Gasteiger partial charge is 0.388 e. The molecule has 23 nitrogen and oxygen atoms in total. The molecule has 0 unspecified atom stereocenters. The van der Waals surface area contributed by atoms with E-state index in [1.165, 1.54) is 135 Å². The molecular weight excluding hydrogens is 945 g/mol. The minimum Gasteiger partial charge on any atom is -0.388 e. The van der Waals surface area contributed by atoms with Gasteiger partial charge in [0.25, 0.3) is 0 Å². The molecule has 2 heterocycles. The second-order valence-electron chi connectivity index (χ2n) is 20.2. The maximum atomic E-state index is 11.9. The molecule has 1 aliphatic carbocycles. The second-order valence-corrected chi connectivity index (χ2v) is 20.2. The molecule has 2 saturated heterocycles. The van der Waals surface area contributed by atoms with E-state index in [1.807, 2.05) is 0 Å². The predicted octanol–water partition coefficient (Wildman–Crippen LogP) is 11.1. The third-order valence-electron chi connectivity index (χ3n) is 14.4. The Labute approximate surface area is 433 Å². The first-order valence-corrected chi connectivity index (χ1v) is 28.0.